The van der Waals surface area contributed by atoms with E-state index in [-0.39, 0.29) is 12.6 Å². The van der Waals surface area contributed by atoms with Crippen LogP contribution in [0.5, 0.6) is 0 Å². The molecule has 0 aromatic rings. The summed E-state index contributed by atoms with van der Waals surface area (Å²) in [6, 6.07) is 0.158. The number of ether oxygens (including phenoxy) is 1. The zero-order valence-electron chi connectivity index (χ0n) is 13.4. The van der Waals surface area contributed by atoms with E-state index in [1.54, 1.807) is 0 Å². The number of carbonyl (C=O) groups is 1. The van der Waals surface area contributed by atoms with Gasteiger partial charge in [-0.2, -0.15) is 0 Å². The molecule has 3 rings (SSSR count). The fraction of sp³-hybridized carbons (Fsp3) is 0.941. The van der Waals surface area contributed by atoms with Gasteiger partial charge < -0.3 is 20.5 Å². The molecule has 0 spiro atoms. The number of urea groups is 1. The number of carbonyl (C=O) groups excluding carboxylic acids is 1. The van der Waals surface area contributed by atoms with Gasteiger partial charge in [0.25, 0.3) is 0 Å². The molecular weight excluding hydrogens is 280 g/mol. The van der Waals surface area contributed by atoms with Gasteiger partial charge in [-0.3, -0.25) is 0 Å². The Labute approximate surface area is 133 Å². The maximum absolute atomic E-state index is 11.9. The van der Waals surface area contributed by atoms with E-state index >= 15 is 0 Å². The second-order valence-electron chi connectivity index (χ2n) is 7.45. The molecule has 0 unspecified atom stereocenters. The van der Waals surface area contributed by atoms with Crippen LogP contribution in [0.25, 0.3) is 0 Å². The predicted molar refractivity (Wildman–Crippen MR) is 84.6 cm³/mol. The fourth-order valence-corrected chi connectivity index (χ4v) is 3.52. The molecule has 0 aromatic carbocycles. The number of aliphatic hydroxyl groups is 1. The number of rotatable bonds is 8. The molecule has 5 heteroatoms. The molecule has 0 aliphatic heterocycles. The van der Waals surface area contributed by atoms with Crippen LogP contribution >= 0.6 is 0 Å². The summed E-state index contributed by atoms with van der Waals surface area (Å²) in [6.45, 7) is 1.31. The molecule has 5 nitrogen and oxygen atoms in total. The number of hydrogen-bond donors (Lipinski definition) is 3. The summed E-state index contributed by atoms with van der Waals surface area (Å²) in [7, 11) is 0. The van der Waals surface area contributed by atoms with Gasteiger partial charge in [-0.15, -0.1) is 0 Å². The van der Waals surface area contributed by atoms with Crippen molar-refractivity contribution in [3.05, 3.63) is 0 Å². The van der Waals surface area contributed by atoms with Crippen molar-refractivity contribution in [1.82, 2.24) is 10.6 Å². The van der Waals surface area contributed by atoms with E-state index in [9.17, 15) is 9.90 Å². The number of hydrogen-bond acceptors (Lipinski definition) is 3. The quantitative estimate of drug-likeness (QED) is 0.642. The molecule has 3 fully saturated rings. The third-order valence-corrected chi connectivity index (χ3v) is 5.20. The second kappa shape index (κ2) is 7.64. The molecule has 3 atom stereocenters. The minimum absolute atomic E-state index is 0.150. The van der Waals surface area contributed by atoms with E-state index in [1.165, 1.54) is 38.5 Å². The van der Waals surface area contributed by atoms with E-state index < -0.39 is 6.10 Å². The Morgan fingerprint density at radius 3 is 2.68 bits per heavy atom. The van der Waals surface area contributed by atoms with Gasteiger partial charge in [0.2, 0.25) is 0 Å². The molecule has 0 aromatic heterocycles. The Kier molecular flexibility index (Phi) is 5.58. The van der Waals surface area contributed by atoms with Crippen LogP contribution in [0.3, 0.4) is 0 Å². The first-order valence-electron chi connectivity index (χ1n) is 9.01. The molecule has 126 valence electrons. The average molecular weight is 310 g/mol. The molecule has 3 aliphatic carbocycles. The van der Waals surface area contributed by atoms with E-state index in [1.807, 2.05) is 0 Å². The Morgan fingerprint density at radius 2 is 1.95 bits per heavy atom. The summed E-state index contributed by atoms with van der Waals surface area (Å²) < 4.78 is 5.43. The van der Waals surface area contributed by atoms with Crippen molar-refractivity contribution in [2.24, 2.45) is 17.8 Å². The molecule has 0 radical (unpaired) electrons. The Balaban J connectivity index is 1.26. The third-order valence-electron chi connectivity index (χ3n) is 5.20. The van der Waals surface area contributed by atoms with Crippen molar-refractivity contribution >= 4 is 6.03 Å². The van der Waals surface area contributed by atoms with Crippen LogP contribution in [0.2, 0.25) is 0 Å². The Bertz CT molecular complexity index is 369. The van der Waals surface area contributed by atoms with Crippen LogP contribution in [0.15, 0.2) is 0 Å². The molecule has 3 N–H and O–H groups in total. The van der Waals surface area contributed by atoms with Gasteiger partial charge in [0, 0.05) is 19.2 Å². The normalized spacial score (nSPS) is 29.9. The first-order chi connectivity index (χ1) is 10.7. The molecular formula is C17H30N2O3. The first-order valence-corrected chi connectivity index (χ1v) is 9.01. The predicted octanol–water partition coefficient (Wildman–Crippen LogP) is 2.04. The minimum Gasteiger partial charge on any atom is -0.389 e. The lowest BCUT2D eigenvalue weighted by atomic mass is 9.83. The molecule has 3 saturated carbocycles. The molecule has 0 heterocycles. The van der Waals surface area contributed by atoms with Gasteiger partial charge in [-0.25, -0.2) is 4.79 Å². The van der Waals surface area contributed by atoms with Crippen molar-refractivity contribution in [2.45, 2.75) is 63.5 Å². The number of amides is 2. The van der Waals surface area contributed by atoms with Crippen molar-refractivity contribution in [1.29, 1.82) is 0 Å². The van der Waals surface area contributed by atoms with Crippen molar-refractivity contribution in [2.75, 3.05) is 19.8 Å². The Morgan fingerprint density at radius 1 is 1.14 bits per heavy atom. The maximum atomic E-state index is 11.9. The summed E-state index contributed by atoms with van der Waals surface area (Å²) >= 11 is 0. The summed E-state index contributed by atoms with van der Waals surface area (Å²) in [5.41, 5.74) is 0. The van der Waals surface area contributed by atoms with Crippen LogP contribution in [0, 0.1) is 17.8 Å². The lowest BCUT2D eigenvalue weighted by Gasteiger charge is -2.30. The Hall–Kier alpha value is -0.810. The maximum Gasteiger partial charge on any atom is 0.315 e. The topological polar surface area (TPSA) is 70.6 Å². The lowest BCUT2D eigenvalue weighted by Crippen LogP contribution is -2.46. The highest BCUT2D eigenvalue weighted by molar-refractivity contribution is 5.74. The molecule has 0 bridgehead atoms. The van der Waals surface area contributed by atoms with Gasteiger partial charge in [0.1, 0.15) is 0 Å². The average Bonchev–Trinajstić information content (AvgIpc) is 3.38. The van der Waals surface area contributed by atoms with Crippen LogP contribution in [-0.2, 0) is 4.74 Å². The SMILES string of the molecule is O=C(NC[C@H](O)COCC1CC1)N[C@H]1CCC[C@@H](C2CC2)C1. The van der Waals surface area contributed by atoms with Crippen LogP contribution < -0.4 is 10.6 Å². The van der Waals surface area contributed by atoms with Crippen LogP contribution in [0.4, 0.5) is 4.79 Å². The summed E-state index contributed by atoms with van der Waals surface area (Å²) in [5, 5.41) is 15.6. The van der Waals surface area contributed by atoms with E-state index in [2.05, 4.69) is 10.6 Å². The van der Waals surface area contributed by atoms with Gasteiger partial charge in [0.05, 0.1) is 12.7 Å². The first kappa shape index (κ1) is 16.1. The van der Waals surface area contributed by atoms with Crippen LogP contribution in [0.1, 0.15) is 51.4 Å². The lowest BCUT2D eigenvalue weighted by molar-refractivity contribution is 0.0336. The van der Waals surface area contributed by atoms with Gasteiger partial charge in [-0.1, -0.05) is 12.8 Å². The monoisotopic (exact) mass is 310 g/mol. The van der Waals surface area contributed by atoms with Gasteiger partial charge >= 0.3 is 6.03 Å². The van der Waals surface area contributed by atoms with E-state index in [0.29, 0.717) is 18.6 Å². The highest BCUT2D eigenvalue weighted by Crippen LogP contribution is 2.43. The third kappa shape index (κ3) is 5.43. The highest BCUT2D eigenvalue weighted by atomic mass is 16.5. The van der Waals surface area contributed by atoms with Crippen molar-refractivity contribution in [3.8, 4) is 0 Å². The second-order valence-corrected chi connectivity index (χ2v) is 7.45. The number of nitrogens with one attached hydrogen (secondary N) is 2. The van der Waals surface area contributed by atoms with Crippen molar-refractivity contribution in [3.63, 3.8) is 0 Å². The molecule has 22 heavy (non-hydrogen) atoms. The zero-order valence-corrected chi connectivity index (χ0v) is 13.4. The van der Waals surface area contributed by atoms with E-state index in [4.69, 9.17) is 4.74 Å². The van der Waals surface area contributed by atoms with E-state index in [0.717, 1.165) is 31.3 Å². The molecule has 2 amide bonds. The standard InChI is InChI=1S/C17H30N2O3/c20-16(11-22-10-12-4-5-12)9-18-17(21)19-15-3-1-2-14(8-15)13-6-7-13/h12-16,20H,1-11H2,(H2,18,19,21)/t14-,15+,16+/m1/s1. The summed E-state index contributed by atoms with van der Waals surface area (Å²) in [4.78, 5) is 11.9. The molecule has 3 aliphatic rings. The van der Waals surface area contributed by atoms with Gasteiger partial charge in [-0.05, 0) is 56.3 Å². The van der Waals surface area contributed by atoms with Crippen molar-refractivity contribution < 1.29 is 14.6 Å². The number of aliphatic hydroxyl groups excluding tert-OH is 1. The molecule has 0 saturated heterocycles. The summed E-state index contributed by atoms with van der Waals surface area (Å²) in [5.74, 6) is 2.45. The minimum atomic E-state index is -0.616. The smallest absolute Gasteiger partial charge is 0.315 e. The fourth-order valence-electron chi connectivity index (χ4n) is 3.52. The van der Waals surface area contributed by atoms with Gasteiger partial charge in [0.15, 0.2) is 0 Å². The largest absolute Gasteiger partial charge is 0.389 e. The van der Waals surface area contributed by atoms with Crippen LogP contribution in [-0.4, -0.2) is 43.0 Å². The highest BCUT2D eigenvalue weighted by Gasteiger charge is 2.35. The summed E-state index contributed by atoms with van der Waals surface area (Å²) in [6.07, 6.45) is 9.43. The zero-order chi connectivity index (χ0) is 15.4.